The number of amidine groups is 1. The number of imide groups is 1. The number of hydrogen-bond donors (Lipinski definition) is 3. The Kier molecular flexibility index (Phi) is 8.46. The normalized spacial score (nSPS) is 13.9. The molecule has 44 heavy (non-hydrogen) atoms. The van der Waals surface area contributed by atoms with E-state index in [9.17, 15) is 24.0 Å². The summed E-state index contributed by atoms with van der Waals surface area (Å²) in [5.41, 5.74) is 2.97. The number of esters is 1. The molecule has 15 heteroatoms. The molecule has 1 aliphatic carbocycles. The van der Waals surface area contributed by atoms with Crippen LogP contribution in [0.2, 0.25) is 0 Å². The van der Waals surface area contributed by atoms with Gasteiger partial charge in [0.25, 0.3) is 11.8 Å². The van der Waals surface area contributed by atoms with Crippen LogP contribution in [0.4, 0.5) is 16.3 Å². The van der Waals surface area contributed by atoms with E-state index in [-0.39, 0.29) is 11.5 Å². The molecule has 0 spiro atoms. The highest BCUT2D eigenvalue weighted by atomic mass is 16.7. The minimum absolute atomic E-state index is 0.175. The van der Waals surface area contributed by atoms with E-state index >= 15 is 0 Å². The van der Waals surface area contributed by atoms with Gasteiger partial charge in [0.15, 0.2) is 5.82 Å². The summed E-state index contributed by atoms with van der Waals surface area (Å²) >= 11 is 0. The summed E-state index contributed by atoms with van der Waals surface area (Å²) < 4.78 is 11.1. The molecule has 2 aromatic heterocycles. The zero-order valence-corrected chi connectivity index (χ0v) is 23.6. The van der Waals surface area contributed by atoms with Crippen LogP contribution in [-0.4, -0.2) is 79.7 Å². The van der Waals surface area contributed by atoms with Gasteiger partial charge in [0.05, 0.1) is 12.1 Å². The molecule has 0 bridgehead atoms. The van der Waals surface area contributed by atoms with Gasteiger partial charge in [-0.3, -0.25) is 14.6 Å². The Morgan fingerprint density at radius 2 is 1.93 bits per heavy atom. The number of ether oxygens (including phenoxy) is 2. The third kappa shape index (κ3) is 6.61. The molecule has 3 heterocycles. The lowest BCUT2D eigenvalue weighted by molar-refractivity contribution is -0.146. The van der Waals surface area contributed by atoms with Gasteiger partial charge in [0, 0.05) is 35.6 Å². The van der Waals surface area contributed by atoms with Crippen molar-refractivity contribution in [2.24, 2.45) is 4.99 Å². The SMILES string of the molecule is Cc1ccc(C(=O)NC2=NCC=C2)cc1Nc1ncnn2cc(C(=O)N(C(=O)OCOC(=O)/C=C/C(=O)O)C3CC3)c(C)c12. The quantitative estimate of drug-likeness (QED) is 0.185. The lowest BCUT2D eigenvalue weighted by Crippen LogP contribution is -2.39. The molecule has 0 atom stereocenters. The number of fused-ring (bicyclic) bond motifs is 1. The van der Waals surface area contributed by atoms with Gasteiger partial charge in [-0.25, -0.2) is 28.8 Å². The lowest BCUT2D eigenvalue weighted by atomic mass is 10.1. The average molecular weight is 602 g/mol. The predicted molar refractivity (Wildman–Crippen MR) is 155 cm³/mol. The topological polar surface area (TPSA) is 194 Å². The summed E-state index contributed by atoms with van der Waals surface area (Å²) in [5.74, 6) is -2.48. The van der Waals surface area contributed by atoms with Crippen molar-refractivity contribution in [3.63, 3.8) is 0 Å². The molecule has 3 N–H and O–H groups in total. The van der Waals surface area contributed by atoms with Gasteiger partial charge in [-0.1, -0.05) is 12.1 Å². The molecule has 5 rings (SSSR count). The molecule has 1 aliphatic heterocycles. The number of carbonyl (C=O) groups is 5. The van der Waals surface area contributed by atoms with Crippen LogP contribution in [0, 0.1) is 13.8 Å². The summed E-state index contributed by atoms with van der Waals surface area (Å²) in [6, 6.07) is 4.78. The first-order chi connectivity index (χ1) is 21.1. The third-order valence-electron chi connectivity index (χ3n) is 6.77. The molecule has 0 radical (unpaired) electrons. The van der Waals surface area contributed by atoms with Gasteiger partial charge in [-0.2, -0.15) is 5.10 Å². The fourth-order valence-electron chi connectivity index (χ4n) is 4.39. The Morgan fingerprint density at radius 1 is 1.14 bits per heavy atom. The van der Waals surface area contributed by atoms with Crippen LogP contribution in [0.5, 0.6) is 0 Å². The van der Waals surface area contributed by atoms with Crippen LogP contribution < -0.4 is 10.6 Å². The average Bonchev–Trinajstić information content (AvgIpc) is 3.56. The minimum Gasteiger partial charge on any atom is -0.478 e. The summed E-state index contributed by atoms with van der Waals surface area (Å²) in [5, 5.41) is 18.8. The highest BCUT2D eigenvalue weighted by Gasteiger charge is 2.40. The van der Waals surface area contributed by atoms with E-state index in [1.807, 2.05) is 13.0 Å². The van der Waals surface area contributed by atoms with Crippen molar-refractivity contribution >= 4 is 52.7 Å². The number of rotatable bonds is 9. The fourth-order valence-corrected chi connectivity index (χ4v) is 4.39. The van der Waals surface area contributed by atoms with Gasteiger partial charge in [0.1, 0.15) is 17.7 Å². The number of carbonyl (C=O) groups excluding carboxylic acids is 4. The molecule has 226 valence electrons. The van der Waals surface area contributed by atoms with E-state index in [4.69, 9.17) is 9.84 Å². The minimum atomic E-state index is -1.35. The second kappa shape index (κ2) is 12.6. The monoisotopic (exact) mass is 601 g/mol. The van der Waals surface area contributed by atoms with Crippen molar-refractivity contribution < 1.29 is 38.6 Å². The number of carboxylic acids is 1. The van der Waals surface area contributed by atoms with E-state index in [2.05, 4.69) is 30.4 Å². The molecular weight excluding hydrogens is 574 g/mol. The van der Waals surface area contributed by atoms with Gasteiger partial charge in [0.2, 0.25) is 6.79 Å². The number of hydrogen-bond acceptors (Lipinski definition) is 11. The number of carboxylic acid groups (broad SMARTS) is 1. The number of nitrogens with one attached hydrogen (secondary N) is 2. The maximum absolute atomic E-state index is 13.6. The Hall–Kier alpha value is -5.86. The fraction of sp³-hybridized carbons (Fsp3) is 0.241. The number of aliphatic carboxylic acids is 1. The first-order valence-electron chi connectivity index (χ1n) is 13.4. The van der Waals surface area contributed by atoms with E-state index in [1.54, 1.807) is 31.2 Å². The van der Waals surface area contributed by atoms with Gasteiger partial charge >= 0.3 is 18.0 Å². The molecule has 1 saturated carbocycles. The summed E-state index contributed by atoms with van der Waals surface area (Å²) in [4.78, 5) is 70.8. The summed E-state index contributed by atoms with van der Waals surface area (Å²) in [6.45, 7) is 3.27. The number of nitrogens with zero attached hydrogens (tertiary/aromatic N) is 5. The highest BCUT2D eigenvalue weighted by Crippen LogP contribution is 2.32. The maximum atomic E-state index is 13.6. The summed E-state index contributed by atoms with van der Waals surface area (Å²) in [7, 11) is 0. The van der Waals surface area contributed by atoms with Crippen LogP contribution in [0.3, 0.4) is 0 Å². The van der Waals surface area contributed by atoms with Gasteiger partial charge in [-0.15, -0.1) is 0 Å². The van der Waals surface area contributed by atoms with E-state index in [0.29, 0.717) is 65.5 Å². The van der Waals surface area contributed by atoms with Crippen molar-refractivity contribution in [3.05, 3.63) is 77.3 Å². The lowest BCUT2D eigenvalue weighted by Gasteiger charge is -2.19. The maximum Gasteiger partial charge on any atom is 0.419 e. The number of aryl methyl sites for hydroxylation is 2. The number of benzene rings is 1. The highest BCUT2D eigenvalue weighted by molar-refractivity contribution is 6.11. The number of anilines is 2. The van der Waals surface area contributed by atoms with Crippen molar-refractivity contribution in [1.82, 2.24) is 24.8 Å². The molecule has 3 aromatic rings. The molecule has 15 nitrogen and oxygen atoms in total. The van der Waals surface area contributed by atoms with Crippen LogP contribution in [0.1, 0.15) is 44.7 Å². The molecule has 1 fully saturated rings. The first kappa shape index (κ1) is 29.6. The van der Waals surface area contributed by atoms with Gasteiger partial charge in [-0.05, 0) is 56.0 Å². The van der Waals surface area contributed by atoms with Crippen LogP contribution in [0.15, 0.2) is 60.0 Å². The second-order valence-corrected chi connectivity index (χ2v) is 9.88. The Morgan fingerprint density at radius 3 is 2.64 bits per heavy atom. The zero-order chi connectivity index (χ0) is 31.4. The standard InChI is InChI=1S/C29H27N7O8/c1-16-5-6-18(27(40)34-22-4-3-11-30-22)12-21(16)33-26-25-17(2)20(13-35(25)32-14-31-26)28(41)36(19-7-8-19)29(42)44-15-43-24(39)10-9-23(37)38/h3-6,9-10,12-14,19H,7-8,11,15H2,1-2H3,(H,37,38)(H,30,34,40)(H,31,32,33)/b10-9+. The Balaban J connectivity index is 1.35. The summed E-state index contributed by atoms with van der Waals surface area (Å²) in [6.07, 6.45) is 7.74. The molecule has 2 aliphatic rings. The van der Waals surface area contributed by atoms with Crippen molar-refractivity contribution in [2.45, 2.75) is 32.7 Å². The van der Waals surface area contributed by atoms with Crippen molar-refractivity contribution in [2.75, 3.05) is 18.7 Å². The first-order valence-corrected chi connectivity index (χ1v) is 13.4. The van der Waals surface area contributed by atoms with Crippen LogP contribution in [-0.2, 0) is 19.1 Å². The van der Waals surface area contributed by atoms with E-state index in [0.717, 1.165) is 10.5 Å². The number of aliphatic imine (C=N–C) groups is 1. The molecule has 1 aromatic carbocycles. The van der Waals surface area contributed by atoms with E-state index in [1.165, 1.54) is 17.0 Å². The van der Waals surface area contributed by atoms with Gasteiger partial charge < -0.3 is 25.2 Å². The molecule has 3 amide bonds. The Bertz CT molecular complexity index is 1770. The smallest absolute Gasteiger partial charge is 0.419 e. The zero-order valence-electron chi connectivity index (χ0n) is 23.6. The van der Waals surface area contributed by atoms with Crippen LogP contribution >= 0.6 is 0 Å². The predicted octanol–water partition coefficient (Wildman–Crippen LogP) is 2.67. The molecule has 0 unspecified atom stereocenters. The number of aromatic nitrogens is 3. The van der Waals surface area contributed by atoms with Crippen molar-refractivity contribution in [1.29, 1.82) is 0 Å². The largest absolute Gasteiger partial charge is 0.478 e. The Labute approximate surface area is 249 Å². The molecule has 0 saturated heterocycles. The van der Waals surface area contributed by atoms with Crippen molar-refractivity contribution in [3.8, 4) is 0 Å². The number of amides is 3. The van der Waals surface area contributed by atoms with Crippen LogP contribution in [0.25, 0.3) is 5.52 Å². The van der Waals surface area contributed by atoms with E-state index < -0.39 is 36.8 Å². The second-order valence-electron chi connectivity index (χ2n) is 9.88. The third-order valence-corrected chi connectivity index (χ3v) is 6.77. The molecular formula is C29H27N7O8.